The number of hydrogen-bond acceptors (Lipinski definition) is 4. The first-order chi connectivity index (χ1) is 14.6. The summed E-state index contributed by atoms with van der Waals surface area (Å²) in [5.41, 5.74) is 7.34. The van der Waals surface area contributed by atoms with Crippen LogP contribution >= 0.6 is 0 Å². The monoisotopic (exact) mass is 409 g/mol. The number of ether oxygens (including phenoxy) is 1. The van der Waals surface area contributed by atoms with Gasteiger partial charge < -0.3 is 15.4 Å². The number of hydrogen-bond donors (Lipinski definition) is 1. The fourth-order valence-corrected chi connectivity index (χ4v) is 4.05. The summed E-state index contributed by atoms with van der Waals surface area (Å²) in [6.45, 7) is 1.48. The molecule has 3 rings (SSSR count). The van der Waals surface area contributed by atoms with Gasteiger partial charge in [-0.25, -0.2) is 0 Å². The lowest BCUT2D eigenvalue weighted by molar-refractivity contribution is -0.120. The summed E-state index contributed by atoms with van der Waals surface area (Å²) in [5, 5.41) is 0. The number of benzene rings is 2. The van der Waals surface area contributed by atoms with E-state index in [1.54, 1.807) is 12.0 Å². The lowest BCUT2D eigenvalue weighted by Gasteiger charge is -2.32. The highest BCUT2D eigenvalue weighted by Crippen LogP contribution is 2.31. The second-order valence-electron chi connectivity index (χ2n) is 7.71. The number of rotatable bonds is 8. The predicted octanol–water partition coefficient (Wildman–Crippen LogP) is 3.52. The number of nitrogens with two attached hydrogens (primary N) is 1. The lowest BCUT2D eigenvalue weighted by atomic mass is 10.0. The van der Waals surface area contributed by atoms with E-state index in [9.17, 15) is 9.59 Å². The van der Waals surface area contributed by atoms with Gasteiger partial charge in [0, 0.05) is 24.7 Å². The highest BCUT2D eigenvalue weighted by atomic mass is 16.5. The minimum atomic E-state index is -0.408. The van der Waals surface area contributed by atoms with Gasteiger partial charge in [-0.05, 0) is 49.2 Å². The van der Waals surface area contributed by atoms with Gasteiger partial charge in [0.15, 0.2) is 0 Å². The van der Waals surface area contributed by atoms with Crippen molar-refractivity contribution in [1.29, 1.82) is 0 Å². The summed E-state index contributed by atoms with van der Waals surface area (Å²) >= 11 is 0. The molecular formula is C24H31N3O3. The molecule has 6 nitrogen and oxygen atoms in total. The standard InChI is InChI=1S/C24H31N3O3/c1-30-21-13-11-19(12-14-21)22-10-6-3-7-16-26(22)18-24(29)27(17-15-23(25)28)20-8-4-2-5-9-20/h2,4-5,8-9,11-14,22H,3,6-7,10,15-18H2,1H3,(H2,25,28)/t22-/m0/s1. The topological polar surface area (TPSA) is 75.9 Å². The van der Waals surface area contributed by atoms with Crippen LogP contribution in [0.4, 0.5) is 5.69 Å². The first-order valence-corrected chi connectivity index (χ1v) is 10.6. The summed E-state index contributed by atoms with van der Waals surface area (Å²) in [6, 6.07) is 17.8. The SMILES string of the molecule is COc1ccc([C@@H]2CCCCCN2CC(=O)N(CCC(N)=O)c2ccccc2)cc1. The summed E-state index contributed by atoms with van der Waals surface area (Å²) in [7, 11) is 1.66. The van der Waals surface area contributed by atoms with Crippen molar-refractivity contribution in [3.8, 4) is 5.75 Å². The number of methoxy groups -OCH3 is 1. The Labute approximate surface area is 178 Å². The van der Waals surface area contributed by atoms with E-state index in [4.69, 9.17) is 10.5 Å². The second kappa shape index (κ2) is 10.8. The Morgan fingerprint density at radius 2 is 1.80 bits per heavy atom. The highest BCUT2D eigenvalue weighted by molar-refractivity contribution is 5.95. The molecule has 2 amide bonds. The van der Waals surface area contributed by atoms with Crippen molar-refractivity contribution in [2.24, 2.45) is 5.73 Å². The molecule has 160 valence electrons. The minimum absolute atomic E-state index is 0.0112. The quantitative estimate of drug-likeness (QED) is 0.724. The van der Waals surface area contributed by atoms with Gasteiger partial charge in [0.05, 0.1) is 13.7 Å². The number of carbonyl (C=O) groups is 2. The van der Waals surface area contributed by atoms with Crippen LogP contribution in [0.1, 0.15) is 43.7 Å². The van der Waals surface area contributed by atoms with Crippen LogP contribution in [-0.4, -0.2) is 43.5 Å². The maximum Gasteiger partial charge on any atom is 0.241 e. The van der Waals surface area contributed by atoms with Crippen molar-refractivity contribution in [3.05, 3.63) is 60.2 Å². The van der Waals surface area contributed by atoms with Gasteiger partial charge in [-0.3, -0.25) is 14.5 Å². The zero-order chi connectivity index (χ0) is 21.3. The maximum absolute atomic E-state index is 13.3. The molecule has 0 bridgehead atoms. The largest absolute Gasteiger partial charge is 0.497 e. The molecule has 0 radical (unpaired) electrons. The number of anilines is 1. The van der Waals surface area contributed by atoms with Crippen molar-refractivity contribution in [2.75, 3.05) is 31.6 Å². The van der Waals surface area contributed by atoms with Gasteiger partial charge in [0.25, 0.3) is 0 Å². The minimum Gasteiger partial charge on any atom is -0.497 e. The van der Waals surface area contributed by atoms with E-state index in [2.05, 4.69) is 17.0 Å². The number of amides is 2. The lowest BCUT2D eigenvalue weighted by Crippen LogP contribution is -2.43. The Hall–Kier alpha value is -2.86. The van der Waals surface area contributed by atoms with Crippen LogP contribution in [-0.2, 0) is 9.59 Å². The molecule has 0 aliphatic carbocycles. The van der Waals surface area contributed by atoms with Gasteiger partial charge in [0.1, 0.15) is 5.75 Å². The number of carbonyl (C=O) groups excluding carboxylic acids is 2. The summed E-state index contributed by atoms with van der Waals surface area (Å²) < 4.78 is 5.29. The average Bonchev–Trinajstić information content (AvgIpc) is 3.00. The third kappa shape index (κ3) is 5.83. The molecule has 1 heterocycles. The maximum atomic E-state index is 13.3. The van der Waals surface area contributed by atoms with Crippen molar-refractivity contribution in [1.82, 2.24) is 4.90 Å². The van der Waals surface area contributed by atoms with Crippen LogP contribution in [0.5, 0.6) is 5.75 Å². The van der Waals surface area contributed by atoms with Crippen LogP contribution in [0.15, 0.2) is 54.6 Å². The van der Waals surface area contributed by atoms with Crippen LogP contribution in [0, 0.1) is 0 Å². The molecule has 1 aliphatic rings. The van der Waals surface area contributed by atoms with Crippen molar-refractivity contribution >= 4 is 17.5 Å². The van der Waals surface area contributed by atoms with Crippen molar-refractivity contribution < 1.29 is 14.3 Å². The molecule has 0 aromatic heterocycles. The van der Waals surface area contributed by atoms with Crippen molar-refractivity contribution in [3.63, 3.8) is 0 Å². The van der Waals surface area contributed by atoms with Gasteiger partial charge in [-0.15, -0.1) is 0 Å². The number of likely N-dealkylation sites (tertiary alicyclic amines) is 1. The number of para-hydroxylation sites is 1. The van der Waals surface area contributed by atoms with Crippen LogP contribution in [0.25, 0.3) is 0 Å². The fourth-order valence-electron chi connectivity index (χ4n) is 4.05. The smallest absolute Gasteiger partial charge is 0.241 e. The Balaban J connectivity index is 1.79. The van der Waals surface area contributed by atoms with Gasteiger partial charge in [-0.1, -0.05) is 43.2 Å². The molecule has 1 atom stereocenters. The first-order valence-electron chi connectivity index (χ1n) is 10.6. The molecular weight excluding hydrogens is 378 g/mol. The molecule has 0 unspecified atom stereocenters. The number of primary amides is 1. The van der Waals surface area contributed by atoms with Crippen LogP contribution in [0.2, 0.25) is 0 Å². The summed E-state index contributed by atoms with van der Waals surface area (Å²) in [6.07, 6.45) is 4.55. The molecule has 2 aromatic carbocycles. The molecule has 1 fully saturated rings. The molecule has 6 heteroatoms. The molecule has 0 spiro atoms. The normalized spacial score (nSPS) is 17.2. The van der Waals surface area contributed by atoms with Gasteiger partial charge in [0.2, 0.25) is 11.8 Å². The van der Waals surface area contributed by atoms with Gasteiger partial charge >= 0.3 is 0 Å². The summed E-state index contributed by atoms with van der Waals surface area (Å²) in [4.78, 5) is 28.6. The van der Waals surface area contributed by atoms with Crippen LogP contribution < -0.4 is 15.4 Å². The average molecular weight is 410 g/mol. The molecule has 1 saturated heterocycles. The van der Waals surface area contributed by atoms with Gasteiger partial charge in [-0.2, -0.15) is 0 Å². The molecule has 2 aromatic rings. The Morgan fingerprint density at radius 3 is 2.47 bits per heavy atom. The molecule has 0 saturated carbocycles. The van der Waals surface area contributed by atoms with E-state index in [-0.39, 0.29) is 18.4 Å². The van der Waals surface area contributed by atoms with E-state index in [1.807, 2.05) is 42.5 Å². The summed E-state index contributed by atoms with van der Waals surface area (Å²) in [5.74, 6) is 0.411. The van der Waals surface area contributed by atoms with Crippen LogP contribution in [0.3, 0.4) is 0 Å². The number of nitrogens with zero attached hydrogens (tertiary/aromatic N) is 2. The predicted molar refractivity (Wildman–Crippen MR) is 118 cm³/mol. The highest BCUT2D eigenvalue weighted by Gasteiger charge is 2.27. The Bertz CT molecular complexity index is 823. The van der Waals surface area contributed by atoms with E-state index >= 15 is 0 Å². The third-order valence-corrected chi connectivity index (χ3v) is 5.65. The Morgan fingerprint density at radius 1 is 1.07 bits per heavy atom. The van der Waals surface area contributed by atoms with E-state index in [1.165, 1.54) is 12.0 Å². The van der Waals surface area contributed by atoms with E-state index < -0.39 is 5.91 Å². The van der Waals surface area contributed by atoms with Crippen molar-refractivity contribution in [2.45, 2.75) is 38.1 Å². The fraction of sp³-hybridized carbons (Fsp3) is 0.417. The Kier molecular flexibility index (Phi) is 7.85. The zero-order valence-electron chi connectivity index (χ0n) is 17.6. The third-order valence-electron chi connectivity index (χ3n) is 5.65. The van der Waals surface area contributed by atoms with E-state index in [0.717, 1.165) is 37.2 Å². The first kappa shape index (κ1) is 21.8. The second-order valence-corrected chi connectivity index (χ2v) is 7.71. The molecule has 30 heavy (non-hydrogen) atoms. The molecule has 2 N–H and O–H groups in total. The molecule has 1 aliphatic heterocycles. The zero-order valence-corrected chi connectivity index (χ0v) is 17.6. The van der Waals surface area contributed by atoms with E-state index in [0.29, 0.717) is 13.1 Å².